The zero-order valence-corrected chi connectivity index (χ0v) is 14.6. The molecule has 1 aliphatic heterocycles. The van der Waals surface area contributed by atoms with Gasteiger partial charge in [0.1, 0.15) is 17.6 Å². The Labute approximate surface area is 151 Å². The third-order valence-electron chi connectivity index (χ3n) is 4.32. The third kappa shape index (κ3) is 3.85. The Kier molecular flexibility index (Phi) is 5.51. The number of amides is 2. The van der Waals surface area contributed by atoms with Crippen LogP contribution in [0.5, 0.6) is 5.75 Å². The lowest BCUT2D eigenvalue weighted by Crippen LogP contribution is -2.52. The van der Waals surface area contributed by atoms with Crippen LogP contribution in [-0.2, 0) is 16.0 Å². The van der Waals surface area contributed by atoms with Crippen LogP contribution in [0.4, 0.5) is 4.39 Å². The average molecular weight is 356 g/mol. The second-order valence-corrected chi connectivity index (χ2v) is 6.06. The van der Waals surface area contributed by atoms with Gasteiger partial charge in [-0.3, -0.25) is 9.59 Å². The van der Waals surface area contributed by atoms with Crippen molar-refractivity contribution in [1.82, 2.24) is 10.2 Å². The van der Waals surface area contributed by atoms with Gasteiger partial charge >= 0.3 is 0 Å². The predicted octanol–water partition coefficient (Wildman–Crippen LogP) is 2.47. The van der Waals surface area contributed by atoms with Crippen LogP contribution in [0, 0.1) is 5.82 Å². The van der Waals surface area contributed by atoms with Crippen LogP contribution < -0.4 is 10.1 Å². The van der Waals surface area contributed by atoms with E-state index in [1.165, 1.54) is 11.0 Å². The smallest absolute Gasteiger partial charge is 0.247 e. The summed E-state index contributed by atoms with van der Waals surface area (Å²) in [4.78, 5) is 26.6. The molecule has 2 aromatic carbocycles. The molecule has 0 aromatic heterocycles. The van der Waals surface area contributed by atoms with E-state index in [0.29, 0.717) is 19.7 Å². The Morgan fingerprint density at radius 3 is 2.65 bits per heavy atom. The maximum Gasteiger partial charge on any atom is 0.247 e. The number of nitrogens with one attached hydrogen (secondary N) is 1. The lowest BCUT2D eigenvalue weighted by Gasteiger charge is -2.35. The molecule has 1 unspecified atom stereocenters. The van der Waals surface area contributed by atoms with Gasteiger partial charge in [0, 0.05) is 18.7 Å². The Hall–Kier alpha value is -2.89. The van der Waals surface area contributed by atoms with E-state index < -0.39 is 11.9 Å². The molecule has 5 nitrogen and oxygen atoms in total. The summed E-state index contributed by atoms with van der Waals surface area (Å²) in [6, 6.07) is 12.4. The molecule has 3 rings (SSSR count). The molecule has 26 heavy (non-hydrogen) atoms. The quantitative estimate of drug-likeness (QED) is 0.895. The van der Waals surface area contributed by atoms with E-state index in [2.05, 4.69) is 5.32 Å². The molecule has 136 valence electrons. The summed E-state index contributed by atoms with van der Waals surface area (Å²) in [5.74, 6) is -0.322. The van der Waals surface area contributed by atoms with Crippen LogP contribution in [0.15, 0.2) is 48.5 Å². The SMILES string of the molecule is CCOc1ccc(CC(=O)N2CCNC(=O)C2c2ccccc2F)cc1. The zero-order chi connectivity index (χ0) is 18.5. The fraction of sp³-hybridized carbons (Fsp3) is 0.300. The van der Waals surface area contributed by atoms with Crippen LogP contribution in [0.2, 0.25) is 0 Å². The van der Waals surface area contributed by atoms with E-state index >= 15 is 0 Å². The number of piperazine rings is 1. The summed E-state index contributed by atoms with van der Waals surface area (Å²) in [6.45, 7) is 3.19. The summed E-state index contributed by atoms with van der Waals surface area (Å²) >= 11 is 0. The minimum absolute atomic E-state index is 0.143. The molecule has 0 spiro atoms. The molecule has 0 saturated carbocycles. The molecule has 0 aliphatic carbocycles. The van der Waals surface area contributed by atoms with E-state index in [9.17, 15) is 14.0 Å². The molecule has 1 heterocycles. The Bertz CT molecular complexity index is 792. The number of rotatable bonds is 5. The van der Waals surface area contributed by atoms with Gasteiger partial charge in [-0.2, -0.15) is 0 Å². The lowest BCUT2D eigenvalue weighted by atomic mass is 10.0. The highest BCUT2D eigenvalue weighted by Gasteiger charge is 2.35. The van der Waals surface area contributed by atoms with Crippen LogP contribution in [0.1, 0.15) is 24.1 Å². The number of hydrogen-bond acceptors (Lipinski definition) is 3. The standard InChI is InChI=1S/C20H21FN2O3/c1-2-26-15-9-7-14(8-10-15)13-18(24)23-12-11-22-20(25)19(23)16-5-3-4-6-17(16)21/h3-10,19H,2,11-13H2,1H3,(H,22,25). The maximum atomic E-state index is 14.2. The Morgan fingerprint density at radius 1 is 1.23 bits per heavy atom. The molecular weight excluding hydrogens is 335 g/mol. The number of ether oxygens (including phenoxy) is 1. The fourth-order valence-electron chi connectivity index (χ4n) is 3.09. The first-order valence-electron chi connectivity index (χ1n) is 8.63. The van der Waals surface area contributed by atoms with Gasteiger partial charge in [0.2, 0.25) is 11.8 Å². The highest BCUT2D eigenvalue weighted by molar-refractivity contribution is 5.90. The lowest BCUT2D eigenvalue weighted by molar-refractivity contribution is -0.143. The van der Waals surface area contributed by atoms with Gasteiger partial charge < -0.3 is 15.0 Å². The van der Waals surface area contributed by atoms with Crippen molar-refractivity contribution in [1.29, 1.82) is 0 Å². The van der Waals surface area contributed by atoms with Gasteiger partial charge in [-0.05, 0) is 30.7 Å². The number of nitrogens with zero attached hydrogens (tertiary/aromatic N) is 1. The van der Waals surface area contributed by atoms with Crippen molar-refractivity contribution in [2.24, 2.45) is 0 Å². The van der Waals surface area contributed by atoms with E-state index in [-0.39, 0.29) is 23.8 Å². The summed E-state index contributed by atoms with van der Waals surface area (Å²) < 4.78 is 19.6. The van der Waals surface area contributed by atoms with Gasteiger partial charge in [-0.1, -0.05) is 30.3 Å². The summed E-state index contributed by atoms with van der Waals surface area (Å²) in [7, 11) is 0. The molecule has 2 aromatic rings. The highest BCUT2D eigenvalue weighted by Crippen LogP contribution is 2.26. The molecule has 0 radical (unpaired) electrons. The molecule has 1 atom stereocenters. The maximum absolute atomic E-state index is 14.2. The predicted molar refractivity (Wildman–Crippen MR) is 95.2 cm³/mol. The fourth-order valence-corrected chi connectivity index (χ4v) is 3.09. The average Bonchev–Trinajstić information content (AvgIpc) is 2.64. The first-order valence-corrected chi connectivity index (χ1v) is 8.63. The second-order valence-electron chi connectivity index (χ2n) is 6.06. The first kappa shape index (κ1) is 17.9. The number of halogens is 1. The third-order valence-corrected chi connectivity index (χ3v) is 4.32. The van der Waals surface area contributed by atoms with Crippen LogP contribution in [0.3, 0.4) is 0 Å². The molecule has 0 bridgehead atoms. The van der Waals surface area contributed by atoms with E-state index in [1.54, 1.807) is 18.2 Å². The van der Waals surface area contributed by atoms with Crippen LogP contribution >= 0.6 is 0 Å². The summed E-state index contributed by atoms with van der Waals surface area (Å²) in [5.41, 5.74) is 1.03. The van der Waals surface area contributed by atoms with Crippen LogP contribution in [0.25, 0.3) is 0 Å². The normalized spacial score (nSPS) is 16.9. The van der Waals surface area contributed by atoms with Gasteiger partial charge in [0.15, 0.2) is 0 Å². The van der Waals surface area contributed by atoms with Crippen molar-refractivity contribution in [3.63, 3.8) is 0 Å². The molecule has 1 saturated heterocycles. The molecule has 6 heteroatoms. The Morgan fingerprint density at radius 2 is 1.96 bits per heavy atom. The largest absolute Gasteiger partial charge is 0.494 e. The summed E-state index contributed by atoms with van der Waals surface area (Å²) in [6.07, 6.45) is 0.143. The van der Waals surface area contributed by atoms with Gasteiger partial charge in [-0.25, -0.2) is 4.39 Å². The monoisotopic (exact) mass is 356 g/mol. The van der Waals surface area contributed by atoms with E-state index in [4.69, 9.17) is 4.74 Å². The molecule has 1 aliphatic rings. The summed E-state index contributed by atoms with van der Waals surface area (Å²) in [5, 5.41) is 2.71. The van der Waals surface area contributed by atoms with Crippen molar-refractivity contribution < 1.29 is 18.7 Å². The minimum Gasteiger partial charge on any atom is -0.494 e. The number of hydrogen-bond donors (Lipinski definition) is 1. The Balaban J connectivity index is 1.79. The topological polar surface area (TPSA) is 58.6 Å². The van der Waals surface area contributed by atoms with Crippen molar-refractivity contribution in [2.45, 2.75) is 19.4 Å². The van der Waals surface area contributed by atoms with Crippen molar-refractivity contribution >= 4 is 11.8 Å². The number of benzene rings is 2. The molecule has 1 fully saturated rings. The van der Waals surface area contributed by atoms with E-state index in [0.717, 1.165) is 11.3 Å². The second kappa shape index (κ2) is 7.99. The first-order chi connectivity index (χ1) is 12.6. The minimum atomic E-state index is -0.944. The molecular formula is C20H21FN2O3. The highest BCUT2D eigenvalue weighted by atomic mass is 19.1. The molecule has 1 N–H and O–H groups in total. The van der Waals surface area contributed by atoms with Gasteiger partial charge in [0.05, 0.1) is 13.0 Å². The zero-order valence-electron chi connectivity index (χ0n) is 14.6. The van der Waals surface area contributed by atoms with Crippen LogP contribution in [-0.4, -0.2) is 36.4 Å². The van der Waals surface area contributed by atoms with Crippen molar-refractivity contribution in [3.8, 4) is 5.75 Å². The number of carbonyl (C=O) groups excluding carboxylic acids is 2. The van der Waals surface area contributed by atoms with Crippen molar-refractivity contribution in [3.05, 3.63) is 65.5 Å². The molecule has 2 amide bonds. The van der Waals surface area contributed by atoms with E-state index in [1.807, 2.05) is 31.2 Å². The number of carbonyl (C=O) groups is 2. The van der Waals surface area contributed by atoms with Gasteiger partial charge in [0.25, 0.3) is 0 Å². The van der Waals surface area contributed by atoms with Gasteiger partial charge in [-0.15, -0.1) is 0 Å². The van der Waals surface area contributed by atoms with Crippen molar-refractivity contribution in [2.75, 3.05) is 19.7 Å².